The molecule has 5 nitrogen and oxygen atoms in total. The molecule has 0 aromatic heterocycles. The van der Waals surface area contributed by atoms with Gasteiger partial charge in [-0.2, -0.15) is 0 Å². The van der Waals surface area contributed by atoms with Crippen molar-refractivity contribution in [3.05, 3.63) is 29.8 Å². The van der Waals surface area contributed by atoms with E-state index in [1.54, 1.807) is 4.90 Å². The molecule has 2 amide bonds. The molecule has 0 saturated carbocycles. The maximum Gasteiger partial charge on any atom is 0.223 e. The van der Waals surface area contributed by atoms with E-state index in [9.17, 15) is 9.59 Å². The number of nitrogens with one attached hydrogen (secondary N) is 1. The van der Waals surface area contributed by atoms with Crippen LogP contribution in [-0.4, -0.2) is 50.4 Å². The molecule has 0 unspecified atom stereocenters. The fourth-order valence-electron chi connectivity index (χ4n) is 2.24. The molecule has 0 radical (unpaired) electrons. The van der Waals surface area contributed by atoms with Crippen LogP contribution in [0.15, 0.2) is 24.3 Å². The fourth-order valence-corrected chi connectivity index (χ4v) is 2.24. The molecular weight excluding hydrogens is 278 g/mol. The second kappa shape index (κ2) is 9.20. The molecule has 1 rings (SSSR count). The number of amides is 2. The largest absolute Gasteiger partial charge is 0.355 e. The Balaban J connectivity index is 2.62. The molecule has 0 aliphatic heterocycles. The van der Waals surface area contributed by atoms with Crippen LogP contribution in [0.3, 0.4) is 0 Å². The Morgan fingerprint density at radius 2 is 1.82 bits per heavy atom. The van der Waals surface area contributed by atoms with Crippen LogP contribution in [0.5, 0.6) is 0 Å². The third kappa shape index (κ3) is 5.85. The molecule has 0 saturated heterocycles. The summed E-state index contributed by atoms with van der Waals surface area (Å²) >= 11 is 0. The van der Waals surface area contributed by atoms with Crippen molar-refractivity contribution in [3.63, 3.8) is 0 Å². The number of hydrogen-bond donors (Lipinski definition) is 1. The molecular formula is C17H27N3O2. The number of anilines is 1. The summed E-state index contributed by atoms with van der Waals surface area (Å²) in [4.78, 5) is 27.5. The Morgan fingerprint density at radius 3 is 2.41 bits per heavy atom. The van der Waals surface area contributed by atoms with Crippen LogP contribution >= 0.6 is 0 Å². The first-order valence-corrected chi connectivity index (χ1v) is 7.73. The summed E-state index contributed by atoms with van der Waals surface area (Å²) in [6.45, 7) is 5.43. The molecule has 122 valence electrons. The van der Waals surface area contributed by atoms with Gasteiger partial charge in [-0.25, -0.2) is 0 Å². The lowest BCUT2D eigenvalue weighted by atomic mass is 10.1. The van der Waals surface area contributed by atoms with Gasteiger partial charge in [0.2, 0.25) is 11.8 Å². The molecule has 0 fully saturated rings. The highest BCUT2D eigenvalue weighted by atomic mass is 16.2. The van der Waals surface area contributed by atoms with E-state index in [-0.39, 0.29) is 11.8 Å². The van der Waals surface area contributed by atoms with Gasteiger partial charge in [-0.15, -0.1) is 0 Å². The Bertz CT molecular complexity index is 500. The average molecular weight is 305 g/mol. The van der Waals surface area contributed by atoms with E-state index >= 15 is 0 Å². The summed E-state index contributed by atoms with van der Waals surface area (Å²) in [5.41, 5.74) is 2.02. The molecule has 0 atom stereocenters. The Kier molecular flexibility index (Phi) is 7.60. The average Bonchev–Trinajstić information content (AvgIpc) is 2.47. The Hall–Kier alpha value is -1.88. The predicted octanol–water partition coefficient (Wildman–Crippen LogP) is 1.67. The topological polar surface area (TPSA) is 52.7 Å². The highest BCUT2D eigenvalue weighted by molar-refractivity contribution is 5.93. The minimum absolute atomic E-state index is 0.0259. The molecule has 5 heteroatoms. The van der Waals surface area contributed by atoms with Crippen molar-refractivity contribution in [3.8, 4) is 0 Å². The van der Waals surface area contributed by atoms with Crippen LogP contribution < -0.4 is 10.2 Å². The zero-order valence-electron chi connectivity index (χ0n) is 14.1. The minimum Gasteiger partial charge on any atom is -0.355 e. The number of aryl methyl sites for hydroxylation is 1. The van der Waals surface area contributed by atoms with Crippen LogP contribution in [0.1, 0.15) is 25.8 Å². The third-order valence-electron chi connectivity index (χ3n) is 3.49. The van der Waals surface area contributed by atoms with Crippen molar-refractivity contribution in [1.29, 1.82) is 0 Å². The number of nitrogens with zero attached hydrogens (tertiary/aromatic N) is 2. The van der Waals surface area contributed by atoms with Crippen LogP contribution in [0.25, 0.3) is 0 Å². The number of likely N-dealkylation sites (N-methyl/N-ethyl adjacent to an activating group) is 1. The maximum atomic E-state index is 11.9. The summed E-state index contributed by atoms with van der Waals surface area (Å²) in [5, 5.41) is 2.87. The predicted molar refractivity (Wildman–Crippen MR) is 90.0 cm³/mol. The van der Waals surface area contributed by atoms with Gasteiger partial charge in [0.25, 0.3) is 0 Å². The smallest absolute Gasteiger partial charge is 0.223 e. The highest BCUT2D eigenvalue weighted by Gasteiger charge is 2.15. The van der Waals surface area contributed by atoms with E-state index in [1.165, 1.54) is 6.92 Å². The van der Waals surface area contributed by atoms with Crippen molar-refractivity contribution >= 4 is 17.5 Å². The summed E-state index contributed by atoms with van der Waals surface area (Å²) in [6, 6.07) is 7.84. The molecule has 0 heterocycles. The third-order valence-corrected chi connectivity index (χ3v) is 3.49. The first-order valence-electron chi connectivity index (χ1n) is 7.73. The number of carbonyl (C=O) groups excluding carboxylic acids is 2. The van der Waals surface area contributed by atoms with Crippen LogP contribution in [0.2, 0.25) is 0 Å². The molecule has 0 spiro atoms. The number of para-hydroxylation sites is 1. The SMILES string of the molecule is CCc1ccccc1N(CCC(=O)NCCN(C)C)C(C)=O. The Labute approximate surface area is 133 Å². The quantitative estimate of drug-likeness (QED) is 0.795. The standard InChI is InChI=1S/C17H27N3O2/c1-5-15-8-6-7-9-16(15)20(14(2)21)12-10-17(22)18-11-13-19(3)4/h6-9H,5,10-13H2,1-4H3,(H,18,22). The van der Waals surface area contributed by atoms with Gasteiger partial charge in [0.05, 0.1) is 0 Å². The van der Waals surface area contributed by atoms with Gasteiger partial charge in [-0.1, -0.05) is 25.1 Å². The van der Waals surface area contributed by atoms with Gasteiger partial charge in [0.1, 0.15) is 0 Å². The molecule has 22 heavy (non-hydrogen) atoms. The number of benzene rings is 1. The van der Waals surface area contributed by atoms with Crippen molar-refractivity contribution < 1.29 is 9.59 Å². The lowest BCUT2D eigenvalue weighted by Gasteiger charge is -2.23. The van der Waals surface area contributed by atoms with Crippen molar-refractivity contribution in [2.24, 2.45) is 0 Å². The lowest BCUT2D eigenvalue weighted by molar-refractivity contribution is -0.121. The van der Waals surface area contributed by atoms with Crippen molar-refractivity contribution in [2.45, 2.75) is 26.7 Å². The molecule has 1 N–H and O–H groups in total. The second-order valence-electron chi connectivity index (χ2n) is 5.56. The summed E-state index contributed by atoms with van der Waals surface area (Å²) < 4.78 is 0. The fraction of sp³-hybridized carbons (Fsp3) is 0.529. The zero-order chi connectivity index (χ0) is 16.5. The van der Waals surface area contributed by atoms with Crippen molar-refractivity contribution in [2.75, 3.05) is 38.6 Å². The summed E-state index contributed by atoms with van der Waals surface area (Å²) in [5.74, 6) is -0.0657. The Morgan fingerprint density at radius 1 is 1.14 bits per heavy atom. The summed E-state index contributed by atoms with van der Waals surface area (Å²) in [7, 11) is 3.93. The van der Waals surface area contributed by atoms with Crippen LogP contribution in [0.4, 0.5) is 5.69 Å². The van der Waals surface area contributed by atoms with Gasteiger partial charge in [0, 0.05) is 38.7 Å². The normalized spacial score (nSPS) is 10.6. The van der Waals surface area contributed by atoms with E-state index < -0.39 is 0 Å². The zero-order valence-corrected chi connectivity index (χ0v) is 14.1. The maximum absolute atomic E-state index is 11.9. The van der Waals surface area contributed by atoms with E-state index in [0.29, 0.717) is 19.5 Å². The van der Waals surface area contributed by atoms with E-state index in [2.05, 4.69) is 12.2 Å². The minimum atomic E-state index is -0.0398. The number of hydrogen-bond acceptors (Lipinski definition) is 3. The van der Waals surface area contributed by atoms with E-state index in [1.807, 2.05) is 43.3 Å². The molecule has 1 aromatic carbocycles. The van der Waals surface area contributed by atoms with Gasteiger partial charge in [-0.3, -0.25) is 9.59 Å². The van der Waals surface area contributed by atoms with Gasteiger partial charge >= 0.3 is 0 Å². The number of carbonyl (C=O) groups is 2. The summed E-state index contributed by atoms with van der Waals surface area (Å²) in [6.07, 6.45) is 1.17. The second-order valence-corrected chi connectivity index (χ2v) is 5.56. The molecule has 1 aromatic rings. The van der Waals surface area contributed by atoms with E-state index in [4.69, 9.17) is 0 Å². The highest BCUT2D eigenvalue weighted by Crippen LogP contribution is 2.21. The van der Waals surface area contributed by atoms with Crippen LogP contribution in [0, 0.1) is 0 Å². The molecule has 0 aliphatic carbocycles. The van der Waals surface area contributed by atoms with Gasteiger partial charge in [0.15, 0.2) is 0 Å². The van der Waals surface area contributed by atoms with Gasteiger partial charge in [-0.05, 0) is 32.1 Å². The molecule has 0 aliphatic rings. The first kappa shape index (κ1) is 18.2. The van der Waals surface area contributed by atoms with Crippen LogP contribution in [-0.2, 0) is 16.0 Å². The van der Waals surface area contributed by atoms with Crippen molar-refractivity contribution in [1.82, 2.24) is 10.2 Å². The first-order chi connectivity index (χ1) is 10.5. The number of rotatable bonds is 8. The molecule has 0 bridgehead atoms. The monoisotopic (exact) mass is 305 g/mol. The van der Waals surface area contributed by atoms with E-state index in [0.717, 1.165) is 24.2 Å². The van der Waals surface area contributed by atoms with Gasteiger partial charge < -0.3 is 15.1 Å². The lowest BCUT2D eigenvalue weighted by Crippen LogP contribution is -2.36.